The number of carbonyl (C=O) groups excluding carboxylic acids is 1. The first-order valence-corrected chi connectivity index (χ1v) is 6.45. The molecule has 0 atom stereocenters. The van der Waals surface area contributed by atoms with Crippen molar-refractivity contribution in [1.82, 2.24) is 15.0 Å². The number of nitrogens with zero attached hydrogens (tertiary/aromatic N) is 2. The highest BCUT2D eigenvalue weighted by Gasteiger charge is 2.09. The van der Waals surface area contributed by atoms with Crippen molar-refractivity contribution in [3.63, 3.8) is 0 Å². The molecule has 0 aliphatic rings. The molecule has 0 fully saturated rings. The molecule has 6 heteroatoms. The second-order valence-corrected chi connectivity index (χ2v) is 4.83. The lowest BCUT2D eigenvalue weighted by Gasteiger charge is -1.98. The van der Waals surface area contributed by atoms with Crippen molar-refractivity contribution in [3.05, 3.63) is 54.7 Å². The Kier molecular flexibility index (Phi) is 3.07. The van der Waals surface area contributed by atoms with Crippen molar-refractivity contribution in [1.29, 1.82) is 0 Å². The number of hydrogen-bond acceptors (Lipinski definition) is 4. The molecule has 5 nitrogen and oxygen atoms in total. The van der Waals surface area contributed by atoms with E-state index in [0.29, 0.717) is 10.7 Å². The number of rotatable bonds is 3. The number of H-pyrrole nitrogens is 1. The van der Waals surface area contributed by atoms with Gasteiger partial charge in [-0.25, -0.2) is 4.98 Å². The Morgan fingerprint density at radius 1 is 1.26 bits per heavy atom. The Bertz CT molecular complexity index is 676. The third kappa shape index (κ3) is 2.53. The van der Waals surface area contributed by atoms with Gasteiger partial charge in [-0.05, 0) is 24.3 Å². The van der Waals surface area contributed by atoms with E-state index in [0.717, 1.165) is 10.6 Å². The van der Waals surface area contributed by atoms with E-state index in [9.17, 15) is 4.79 Å². The normalized spacial score (nSPS) is 10.3. The maximum atomic E-state index is 11.8. The molecule has 1 amide bonds. The number of nitrogens with one attached hydrogen (secondary N) is 2. The van der Waals surface area contributed by atoms with Crippen LogP contribution >= 0.6 is 11.3 Å². The molecule has 0 saturated carbocycles. The summed E-state index contributed by atoms with van der Waals surface area (Å²) in [5.41, 5.74) is 1.51. The van der Waals surface area contributed by atoms with Gasteiger partial charge in [-0.1, -0.05) is 11.3 Å². The highest BCUT2D eigenvalue weighted by molar-refractivity contribution is 7.19. The lowest BCUT2D eigenvalue weighted by atomic mass is 10.3. The highest BCUT2D eigenvalue weighted by Crippen LogP contribution is 2.28. The number of anilines is 1. The monoisotopic (exact) mass is 270 g/mol. The summed E-state index contributed by atoms with van der Waals surface area (Å²) in [6.07, 6.45) is 6.80. The number of thiazole rings is 1. The molecule has 19 heavy (non-hydrogen) atoms. The van der Waals surface area contributed by atoms with Gasteiger partial charge in [0.25, 0.3) is 5.91 Å². The molecule has 0 bridgehead atoms. The van der Waals surface area contributed by atoms with Gasteiger partial charge in [0.15, 0.2) is 0 Å². The van der Waals surface area contributed by atoms with E-state index in [2.05, 4.69) is 20.3 Å². The molecule has 0 aliphatic carbocycles. The summed E-state index contributed by atoms with van der Waals surface area (Å²) in [4.78, 5) is 23.0. The first kappa shape index (κ1) is 11.6. The standard InChI is InChI=1S/C13H10N4OS/c18-12(10-2-1-5-15-10)17-11-8-16-13(19-11)9-3-6-14-7-4-9/h1-8,15H,(H,17,18). The predicted octanol–water partition coefficient (Wildman–Crippen LogP) is 2.79. The van der Waals surface area contributed by atoms with Crippen molar-refractivity contribution in [2.45, 2.75) is 0 Å². The maximum absolute atomic E-state index is 11.8. The van der Waals surface area contributed by atoms with E-state index >= 15 is 0 Å². The molecule has 0 radical (unpaired) electrons. The Hall–Kier alpha value is -2.47. The van der Waals surface area contributed by atoms with Crippen LogP contribution in [0.5, 0.6) is 0 Å². The van der Waals surface area contributed by atoms with Crippen LogP contribution in [-0.4, -0.2) is 20.9 Å². The minimum Gasteiger partial charge on any atom is -0.357 e. The molecule has 3 aromatic rings. The van der Waals surface area contributed by atoms with Gasteiger partial charge in [-0.2, -0.15) is 0 Å². The largest absolute Gasteiger partial charge is 0.357 e. The summed E-state index contributed by atoms with van der Waals surface area (Å²) in [5, 5.41) is 4.37. The molecule has 3 rings (SSSR count). The third-order valence-electron chi connectivity index (χ3n) is 2.51. The molecule has 3 aromatic heterocycles. The van der Waals surface area contributed by atoms with Gasteiger partial charge in [-0.15, -0.1) is 0 Å². The van der Waals surface area contributed by atoms with Gasteiger partial charge < -0.3 is 10.3 Å². The molecule has 0 saturated heterocycles. The first-order chi connectivity index (χ1) is 9.33. The van der Waals surface area contributed by atoms with E-state index < -0.39 is 0 Å². The van der Waals surface area contributed by atoms with Gasteiger partial charge in [-0.3, -0.25) is 9.78 Å². The second-order valence-electron chi connectivity index (χ2n) is 3.80. The van der Waals surface area contributed by atoms with Crippen LogP contribution in [0.15, 0.2) is 49.1 Å². The minimum atomic E-state index is -0.171. The number of hydrogen-bond donors (Lipinski definition) is 2. The van der Waals surface area contributed by atoms with Gasteiger partial charge >= 0.3 is 0 Å². The Labute approximate surface area is 113 Å². The molecule has 0 unspecified atom stereocenters. The van der Waals surface area contributed by atoms with Crippen LogP contribution in [0.2, 0.25) is 0 Å². The van der Waals surface area contributed by atoms with Gasteiger partial charge in [0, 0.05) is 24.2 Å². The number of amides is 1. The van der Waals surface area contributed by atoms with Gasteiger partial charge in [0.1, 0.15) is 15.7 Å². The first-order valence-electron chi connectivity index (χ1n) is 5.64. The van der Waals surface area contributed by atoms with E-state index in [4.69, 9.17) is 0 Å². The maximum Gasteiger partial charge on any atom is 0.272 e. The number of aromatic amines is 1. The SMILES string of the molecule is O=C(Nc1cnc(-c2ccncc2)s1)c1ccc[nH]1. The quantitative estimate of drug-likeness (QED) is 0.768. The minimum absolute atomic E-state index is 0.171. The fraction of sp³-hybridized carbons (Fsp3) is 0. The molecule has 0 aromatic carbocycles. The molecular weight excluding hydrogens is 260 g/mol. The van der Waals surface area contributed by atoms with Gasteiger partial charge in [0.05, 0.1) is 6.20 Å². The van der Waals surface area contributed by atoms with Crippen molar-refractivity contribution in [3.8, 4) is 10.6 Å². The highest BCUT2D eigenvalue weighted by atomic mass is 32.1. The van der Waals surface area contributed by atoms with Crippen molar-refractivity contribution in [2.75, 3.05) is 5.32 Å². The third-order valence-corrected chi connectivity index (χ3v) is 3.47. The van der Waals surface area contributed by atoms with Crippen LogP contribution in [-0.2, 0) is 0 Å². The van der Waals surface area contributed by atoms with Crippen molar-refractivity contribution >= 4 is 22.2 Å². The smallest absolute Gasteiger partial charge is 0.272 e. The molecule has 2 N–H and O–H groups in total. The summed E-state index contributed by atoms with van der Waals surface area (Å²) >= 11 is 1.43. The molecule has 94 valence electrons. The zero-order chi connectivity index (χ0) is 13.1. The van der Waals surface area contributed by atoms with Crippen LogP contribution in [0.3, 0.4) is 0 Å². The van der Waals surface area contributed by atoms with Crippen LogP contribution in [0.25, 0.3) is 10.6 Å². The molecule has 3 heterocycles. The van der Waals surface area contributed by atoms with E-state index in [1.807, 2.05) is 12.1 Å². The zero-order valence-corrected chi connectivity index (χ0v) is 10.6. The Morgan fingerprint density at radius 3 is 2.84 bits per heavy atom. The fourth-order valence-corrected chi connectivity index (χ4v) is 2.43. The zero-order valence-electron chi connectivity index (χ0n) is 9.83. The number of carbonyl (C=O) groups is 1. The predicted molar refractivity (Wildman–Crippen MR) is 74.1 cm³/mol. The van der Waals surface area contributed by atoms with Crippen LogP contribution < -0.4 is 5.32 Å². The summed E-state index contributed by atoms with van der Waals surface area (Å²) in [7, 11) is 0. The number of aromatic nitrogens is 3. The number of pyridine rings is 1. The van der Waals surface area contributed by atoms with Crippen molar-refractivity contribution in [2.24, 2.45) is 0 Å². The molecule has 0 spiro atoms. The Morgan fingerprint density at radius 2 is 2.11 bits per heavy atom. The van der Waals surface area contributed by atoms with E-state index in [1.165, 1.54) is 11.3 Å². The molecular formula is C13H10N4OS. The molecule has 0 aliphatic heterocycles. The average Bonchev–Trinajstić information content (AvgIpc) is 3.11. The second kappa shape index (κ2) is 5.03. The van der Waals surface area contributed by atoms with Crippen LogP contribution in [0.4, 0.5) is 5.00 Å². The van der Waals surface area contributed by atoms with E-state index in [-0.39, 0.29) is 5.91 Å². The Balaban J connectivity index is 1.77. The van der Waals surface area contributed by atoms with E-state index in [1.54, 1.807) is 36.9 Å². The topological polar surface area (TPSA) is 70.7 Å². The fourth-order valence-electron chi connectivity index (χ4n) is 1.61. The van der Waals surface area contributed by atoms with Gasteiger partial charge in [0.2, 0.25) is 0 Å². The average molecular weight is 270 g/mol. The summed E-state index contributed by atoms with van der Waals surface area (Å²) in [6, 6.07) is 7.27. The van der Waals surface area contributed by atoms with Crippen LogP contribution in [0, 0.1) is 0 Å². The van der Waals surface area contributed by atoms with Crippen molar-refractivity contribution < 1.29 is 4.79 Å². The lowest BCUT2D eigenvalue weighted by Crippen LogP contribution is -2.10. The van der Waals surface area contributed by atoms with Crippen LogP contribution in [0.1, 0.15) is 10.5 Å². The summed E-state index contributed by atoms with van der Waals surface area (Å²) in [5.74, 6) is -0.171. The summed E-state index contributed by atoms with van der Waals surface area (Å²) in [6.45, 7) is 0. The lowest BCUT2D eigenvalue weighted by molar-refractivity contribution is 0.102. The summed E-state index contributed by atoms with van der Waals surface area (Å²) < 4.78 is 0.